The summed E-state index contributed by atoms with van der Waals surface area (Å²) in [4.78, 5) is 2.48. The molecular weight excluding hydrogens is 320 g/mol. The minimum absolute atomic E-state index is 0.144. The van der Waals surface area contributed by atoms with Crippen molar-refractivity contribution in [2.24, 2.45) is 7.05 Å². The Balaban J connectivity index is 1.88. The van der Waals surface area contributed by atoms with E-state index in [9.17, 15) is 0 Å². The molecule has 136 valence electrons. The van der Waals surface area contributed by atoms with Crippen LogP contribution in [-0.4, -0.2) is 12.3 Å². The molecule has 2 aliphatic rings. The van der Waals surface area contributed by atoms with Crippen LogP contribution in [0.5, 0.6) is 5.75 Å². The lowest BCUT2D eigenvalue weighted by Crippen LogP contribution is -2.60. The maximum atomic E-state index is 6.84. The second-order valence-corrected chi connectivity index (χ2v) is 8.06. The zero-order valence-electron chi connectivity index (χ0n) is 16.5. The molecule has 1 atom stereocenters. The predicted molar refractivity (Wildman–Crippen MR) is 106 cm³/mol. The molecule has 3 heteroatoms. The SMILES string of the molecule is CCCCN1c2ccccc2C(C)(C)C12C=Cc1c(ccc(C)[n+]1C)O2. The number of pyridine rings is 1. The van der Waals surface area contributed by atoms with Crippen LogP contribution in [0, 0.1) is 6.92 Å². The van der Waals surface area contributed by atoms with E-state index < -0.39 is 5.72 Å². The number of ether oxygens (including phenoxy) is 1. The Morgan fingerprint density at radius 3 is 2.65 bits per heavy atom. The highest BCUT2D eigenvalue weighted by atomic mass is 16.5. The number of rotatable bonds is 3. The third-order valence-electron chi connectivity index (χ3n) is 6.25. The van der Waals surface area contributed by atoms with Gasteiger partial charge in [-0.3, -0.25) is 0 Å². The molecule has 4 rings (SSSR count). The number of aryl methyl sites for hydroxylation is 1. The summed E-state index contributed by atoms with van der Waals surface area (Å²) >= 11 is 0. The van der Waals surface area contributed by atoms with Gasteiger partial charge in [-0.1, -0.05) is 31.5 Å². The maximum absolute atomic E-state index is 6.84. The number of hydrogen-bond donors (Lipinski definition) is 0. The molecule has 0 amide bonds. The van der Waals surface area contributed by atoms with Crippen LogP contribution < -0.4 is 14.2 Å². The van der Waals surface area contributed by atoms with Crippen molar-refractivity contribution < 1.29 is 9.30 Å². The molecule has 0 fully saturated rings. The standard InChI is InChI=1S/C23H29N2O/c1-6-7-16-25-19-11-9-8-10-18(19)22(3,4)23(25)15-14-20-21(26-23)13-12-17(2)24(20)5/h8-15H,6-7,16H2,1-5H3/q+1. The number of aromatic nitrogens is 1. The van der Waals surface area contributed by atoms with Crippen molar-refractivity contribution in [3.05, 3.63) is 59.4 Å². The first-order valence-corrected chi connectivity index (χ1v) is 9.67. The zero-order valence-corrected chi connectivity index (χ0v) is 16.5. The first kappa shape index (κ1) is 17.1. The van der Waals surface area contributed by atoms with Gasteiger partial charge in [0.05, 0.1) is 5.41 Å². The van der Waals surface area contributed by atoms with E-state index in [0.29, 0.717) is 0 Å². The van der Waals surface area contributed by atoms with Crippen molar-refractivity contribution in [2.45, 2.75) is 51.7 Å². The van der Waals surface area contributed by atoms with E-state index in [1.165, 1.54) is 23.4 Å². The zero-order chi connectivity index (χ0) is 18.5. The molecule has 3 nitrogen and oxygen atoms in total. The molecule has 1 spiro atoms. The molecule has 1 unspecified atom stereocenters. The first-order chi connectivity index (χ1) is 12.4. The van der Waals surface area contributed by atoms with Crippen molar-refractivity contribution in [1.82, 2.24) is 0 Å². The molecule has 1 aromatic carbocycles. The van der Waals surface area contributed by atoms with Gasteiger partial charge in [0, 0.05) is 31.3 Å². The number of nitrogens with zero attached hydrogens (tertiary/aromatic N) is 2. The monoisotopic (exact) mass is 349 g/mol. The highest BCUT2D eigenvalue weighted by Crippen LogP contribution is 2.54. The average molecular weight is 349 g/mol. The van der Waals surface area contributed by atoms with Gasteiger partial charge in [-0.2, -0.15) is 4.57 Å². The van der Waals surface area contributed by atoms with Crippen molar-refractivity contribution in [3.8, 4) is 5.75 Å². The van der Waals surface area contributed by atoms with Crippen LogP contribution in [0.4, 0.5) is 5.69 Å². The molecule has 0 radical (unpaired) electrons. The third kappa shape index (κ3) is 2.16. The van der Waals surface area contributed by atoms with Crippen LogP contribution in [0.2, 0.25) is 0 Å². The van der Waals surface area contributed by atoms with E-state index in [2.05, 4.69) is 92.8 Å². The van der Waals surface area contributed by atoms with Crippen molar-refractivity contribution in [1.29, 1.82) is 0 Å². The van der Waals surface area contributed by atoms with E-state index in [1.54, 1.807) is 0 Å². The quantitative estimate of drug-likeness (QED) is 0.758. The summed E-state index contributed by atoms with van der Waals surface area (Å²) in [6, 6.07) is 13.0. The van der Waals surface area contributed by atoms with Gasteiger partial charge < -0.3 is 9.64 Å². The van der Waals surface area contributed by atoms with Crippen molar-refractivity contribution in [3.63, 3.8) is 0 Å². The third-order valence-corrected chi connectivity index (χ3v) is 6.25. The lowest BCUT2D eigenvalue weighted by atomic mass is 9.76. The Morgan fingerprint density at radius 1 is 1.12 bits per heavy atom. The Hall–Kier alpha value is -2.29. The Morgan fingerprint density at radius 2 is 1.88 bits per heavy atom. The Bertz CT molecular complexity index is 884. The topological polar surface area (TPSA) is 16.4 Å². The van der Waals surface area contributed by atoms with Gasteiger partial charge in [-0.05, 0) is 44.0 Å². The minimum Gasteiger partial charge on any atom is -0.456 e. The number of benzene rings is 1. The lowest BCUT2D eigenvalue weighted by molar-refractivity contribution is -0.680. The second-order valence-electron chi connectivity index (χ2n) is 8.06. The molecule has 0 N–H and O–H groups in total. The summed E-state index contributed by atoms with van der Waals surface area (Å²) in [5.74, 6) is 0.961. The molecule has 0 bridgehead atoms. The van der Waals surface area contributed by atoms with Gasteiger partial charge in [-0.25, -0.2) is 0 Å². The Labute approximate surface area is 156 Å². The molecule has 26 heavy (non-hydrogen) atoms. The van der Waals surface area contributed by atoms with E-state index in [-0.39, 0.29) is 5.41 Å². The summed E-state index contributed by atoms with van der Waals surface area (Å²) in [5, 5.41) is 0. The number of fused-ring (bicyclic) bond motifs is 2. The molecule has 2 aromatic rings. The van der Waals surface area contributed by atoms with E-state index in [4.69, 9.17) is 4.74 Å². The van der Waals surface area contributed by atoms with Gasteiger partial charge in [-0.15, -0.1) is 0 Å². The van der Waals surface area contributed by atoms with Crippen molar-refractivity contribution >= 4 is 11.8 Å². The van der Waals surface area contributed by atoms with E-state index in [0.717, 1.165) is 24.4 Å². The molecule has 0 saturated heterocycles. The summed E-state index contributed by atoms with van der Waals surface area (Å²) in [6.45, 7) is 9.98. The molecule has 3 heterocycles. The highest BCUT2D eigenvalue weighted by molar-refractivity contribution is 5.71. The van der Waals surface area contributed by atoms with Crippen LogP contribution >= 0.6 is 0 Å². The summed E-state index contributed by atoms with van der Waals surface area (Å²) in [7, 11) is 2.10. The largest absolute Gasteiger partial charge is 0.456 e. The molecule has 2 aliphatic heterocycles. The minimum atomic E-state index is -0.485. The predicted octanol–water partition coefficient (Wildman–Crippen LogP) is 4.52. The number of hydrogen-bond acceptors (Lipinski definition) is 2. The van der Waals surface area contributed by atoms with Crippen LogP contribution in [0.3, 0.4) is 0 Å². The fourth-order valence-corrected chi connectivity index (χ4v) is 4.45. The lowest BCUT2D eigenvalue weighted by Gasteiger charge is -2.46. The molecular formula is C23H29N2O+. The van der Waals surface area contributed by atoms with Gasteiger partial charge in [0.15, 0.2) is 11.4 Å². The highest BCUT2D eigenvalue weighted by Gasteiger charge is 2.59. The van der Waals surface area contributed by atoms with Crippen LogP contribution in [-0.2, 0) is 12.5 Å². The molecule has 0 aliphatic carbocycles. The number of para-hydroxylation sites is 1. The fourth-order valence-electron chi connectivity index (χ4n) is 4.45. The summed E-state index contributed by atoms with van der Waals surface area (Å²) in [5.41, 5.74) is 4.40. The molecule has 0 saturated carbocycles. The smallest absolute Gasteiger partial charge is 0.247 e. The molecule has 1 aromatic heterocycles. The number of anilines is 1. The van der Waals surface area contributed by atoms with Gasteiger partial charge in [0.2, 0.25) is 11.4 Å². The first-order valence-electron chi connectivity index (χ1n) is 9.67. The number of unbranched alkanes of at least 4 members (excludes halogenated alkanes) is 1. The maximum Gasteiger partial charge on any atom is 0.247 e. The Kier molecular flexibility index (Phi) is 3.87. The van der Waals surface area contributed by atoms with Gasteiger partial charge >= 0.3 is 0 Å². The van der Waals surface area contributed by atoms with Crippen LogP contribution in [0.1, 0.15) is 50.6 Å². The van der Waals surface area contributed by atoms with Crippen molar-refractivity contribution in [2.75, 3.05) is 11.4 Å². The van der Waals surface area contributed by atoms with Crippen LogP contribution in [0.25, 0.3) is 6.08 Å². The summed E-state index contributed by atoms with van der Waals surface area (Å²) < 4.78 is 9.04. The fraction of sp³-hybridized carbons (Fsp3) is 0.435. The summed E-state index contributed by atoms with van der Waals surface area (Å²) in [6.07, 6.45) is 6.85. The second kappa shape index (κ2) is 5.87. The van der Waals surface area contributed by atoms with E-state index >= 15 is 0 Å². The van der Waals surface area contributed by atoms with Gasteiger partial charge in [0.25, 0.3) is 0 Å². The van der Waals surface area contributed by atoms with E-state index in [1.807, 2.05) is 0 Å². The normalized spacial score (nSPS) is 22.3. The van der Waals surface area contributed by atoms with Crippen LogP contribution in [0.15, 0.2) is 42.5 Å². The van der Waals surface area contributed by atoms with Gasteiger partial charge in [0.1, 0.15) is 7.05 Å². The average Bonchev–Trinajstić information content (AvgIpc) is 2.81.